The third kappa shape index (κ3) is 4.53. The van der Waals surface area contributed by atoms with Gasteiger partial charge in [0, 0.05) is 0 Å². The maximum absolute atomic E-state index is 12.0. The molecule has 2 saturated carbocycles. The van der Waals surface area contributed by atoms with Crippen LogP contribution in [0.3, 0.4) is 0 Å². The van der Waals surface area contributed by atoms with E-state index in [2.05, 4.69) is 0 Å². The molecule has 0 radical (unpaired) electrons. The molecule has 0 amide bonds. The molecule has 25 heavy (non-hydrogen) atoms. The molecule has 2 aliphatic carbocycles. The molecular weight excluding hydrogens is 324 g/mol. The van der Waals surface area contributed by atoms with Gasteiger partial charge in [-0.2, -0.15) is 0 Å². The monoisotopic (exact) mass is 352 g/mol. The summed E-state index contributed by atoms with van der Waals surface area (Å²) in [5.74, 6) is -0.0953. The van der Waals surface area contributed by atoms with E-state index in [1.807, 2.05) is 0 Å². The molecule has 6 heteroatoms. The summed E-state index contributed by atoms with van der Waals surface area (Å²) in [5.41, 5.74) is 0. The molecule has 2 aliphatic heterocycles. The molecule has 4 aliphatic rings. The summed E-state index contributed by atoms with van der Waals surface area (Å²) in [6.45, 7) is 0.919. The number of ether oxygens (including phenoxy) is 4. The van der Waals surface area contributed by atoms with E-state index in [0.717, 1.165) is 57.8 Å². The molecule has 6 nitrogen and oxygen atoms in total. The van der Waals surface area contributed by atoms with Gasteiger partial charge in [0.05, 0.1) is 49.5 Å². The molecule has 6 atom stereocenters. The molecular formula is C19H28O6. The summed E-state index contributed by atoms with van der Waals surface area (Å²) in [6, 6.07) is 0. The maximum atomic E-state index is 12.0. The van der Waals surface area contributed by atoms with Crippen molar-refractivity contribution < 1.29 is 28.5 Å². The zero-order chi connectivity index (χ0) is 17.2. The third-order valence-corrected chi connectivity index (χ3v) is 5.95. The molecule has 2 saturated heterocycles. The van der Waals surface area contributed by atoms with Crippen molar-refractivity contribution in [2.75, 3.05) is 13.2 Å². The number of unbranched alkanes of at least 4 members (excludes halogenated alkanes) is 2. The Morgan fingerprint density at radius 1 is 0.680 bits per heavy atom. The fourth-order valence-corrected chi connectivity index (χ4v) is 4.20. The number of rotatable bonds is 8. The van der Waals surface area contributed by atoms with Crippen molar-refractivity contribution in [2.24, 2.45) is 11.8 Å². The molecule has 0 N–H and O–H groups in total. The minimum absolute atomic E-state index is 0.0234. The van der Waals surface area contributed by atoms with Crippen molar-refractivity contribution in [3.8, 4) is 0 Å². The SMILES string of the molecule is O=C(OCCCCCOC(=O)C1CCC2OC2C1)C1CCC2OC2C1. The van der Waals surface area contributed by atoms with Gasteiger partial charge >= 0.3 is 11.9 Å². The Morgan fingerprint density at radius 2 is 1.16 bits per heavy atom. The average Bonchev–Trinajstić information content (AvgIpc) is 3.53. The van der Waals surface area contributed by atoms with Crippen molar-refractivity contribution >= 4 is 11.9 Å². The number of hydrogen-bond donors (Lipinski definition) is 0. The van der Waals surface area contributed by atoms with Crippen molar-refractivity contribution in [2.45, 2.75) is 82.2 Å². The molecule has 0 bridgehead atoms. The summed E-state index contributed by atoms with van der Waals surface area (Å²) in [6.07, 6.45) is 9.40. The van der Waals surface area contributed by atoms with Gasteiger partial charge in [0.15, 0.2) is 0 Å². The fraction of sp³-hybridized carbons (Fsp3) is 0.895. The molecule has 0 aromatic rings. The van der Waals surface area contributed by atoms with Crippen LogP contribution in [-0.2, 0) is 28.5 Å². The largest absolute Gasteiger partial charge is 0.465 e. The zero-order valence-electron chi connectivity index (χ0n) is 14.7. The van der Waals surface area contributed by atoms with Crippen LogP contribution in [0.25, 0.3) is 0 Å². The molecule has 6 unspecified atom stereocenters. The van der Waals surface area contributed by atoms with E-state index in [9.17, 15) is 9.59 Å². The van der Waals surface area contributed by atoms with Crippen LogP contribution in [0.15, 0.2) is 0 Å². The van der Waals surface area contributed by atoms with E-state index in [0.29, 0.717) is 37.6 Å². The van der Waals surface area contributed by atoms with E-state index >= 15 is 0 Å². The summed E-state index contributed by atoms with van der Waals surface area (Å²) >= 11 is 0. The topological polar surface area (TPSA) is 77.7 Å². The average molecular weight is 352 g/mol. The van der Waals surface area contributed by atoms with E-state index in [1.165, 1.54) is 0 Å². The highest BCUT2D eigenvalue weighted by Crippen LogP contribution is 2.40. The van der Waals surface area contributed by atoms with Gasteiger partial charge in [-0.3, -0.25) is 9.59 Å². The van der Waals surface area contributed by atoms with E-state index in [4.69, 9.17) is 18.9 Å². The predicted octanol–water partition coefficient (Wildman–Crippen LogP) is 2.38. The lowest BCUT2D eigenvalue weighted by Gasteiger charge is -2.18. The lowest BCUT2D eigenvalue weighted by atomic mass is 9.89. The van der Waals surface area contributed by atoms with Crippen molar-refractivity contribution in [1.29, 1.82) is 0 Å². The first-order chi connectivity index (χ1) is 12.2. The van der Waals surface area contributed by atoms with Gasteiger partial charge < -0.3 is 18.9 Å². The van der Waals surface area contributed by atoms with Crippen LogP contribution in [0.2, 0.25) is 0 Å². The highest BCUT2D eigenvalue weighted by molar-refractivity contribution is 5.73. The van der Waals surface area contributed by atoms with Crippen molar-refractivity contribution in [3.63, 3.8) is 0 Å². The van der Waals surface area contributed by atoms with Crippen molar-refractivity contribution in [1.82, 2.24) is 0 Å². The van der Waals surface area contributed by atoms with Gasteiger partial charge in [0.25, 0.3) is 0 Å². The van der Waals surface area contributed by atoms with E-state index in [1.54, 1.807) is 0 Å². The van der Waals surface area contributed by atoms with Crippen molar-refractivity contribution in [3.05, 3.63) is 0 Å². The minimum atomic E-state index is -0.0710. The second-order valence-corrected chi connectivity index (χ2v) is 7.84. The van der Waals surface area contributed by atoms with E-state index in [-0.39, 0.29) is 23.8 Å². The predicted molar refractivity (Wildman–Crippen MR) is 87.8 cm³/mol. The van der Waals surface area contributed by atoms with Gasteiger partial charge in [-0.1, -0.05) is 0 Å². The van der Waals surface area contributed by atoms with Crippen LogP contribution in [0.1, 0.15) is 57.8 Å². The first kappa shape index (κ1) is 17.3. The lowest BCUT2D eigenvalue weighted by molar-refractivity contribution is -0.149. The van der Waals surface area contributed by atoms with Crippen LogP contribution < -0.4 is 0 Å². The second kappa shape index (κ2) is 7.62. The molecule has 4 rings (SSSR count). The first-order valence-corrected chi connectivity index (χ1v) is 9.85. The number of hydrogen-bond acceptors (Lipinski definition) is 6. The zero-order valence-corrected chi connectivity index (χ0v) is 14.7. The minimum Gasteiger partial charge on any atom is -0.465 e. The molecule has 2 heterocycles. The summed E-state index contributed by atoms with van der Waals surface area (Å²) in [4.78, 5) is 24.0. The summed E-state index contributed by atoms with van der Waals surface area (Å²) in [7, 11) is 0. The van der Waals surface area contributed by atoms with Crippen LogP contribution in [0, 0.1) is 11.8 Å². The van der Waals surface area contributed by atoms with E-state index < -0.39 is 0 Å². The Balaban J connectivity index is 1.00. The maximum Gasteiger partial charge on any atom is 0.309 e. The van der Waals surface area contributed by atoms with Gasteiger partial charge in [-0.25, -0.2) is 0 Å². The second-order valence-electron chi connectivity index (χ2n) is 7.84. The summed E-state index contributed by atoms with van der Waals surface area (Å²) in [5, 5.41) is 0. The normalized spacial score (nSPS) is 38.2. The van der Waals surface area contributed by atoms with Crippen LogP contribution in [0.4, 0.5) is 0 Å². The van der Waals surface area contributed by atoms with Gasteiger partial charge in [-0.15, -0.1) is 0 Å². The third-order valence-electron chi connectivity index (χ3n) is 5.95. The van der Waals surface area contributed by atoms with Crippen LogP contribution in [0.5, 0.6) is 0 Å². The standard InChI is InChI=1S/C19H28O6/c20-18(12-4-6-14-16(10-12)24-14)22-8-2-1-3-9-23-19(21)13-5-7-15-17(11-13)25-15/h12-17H,1-11H2. The molecule has 4 fully saturated rings. The quantitative estimate of drug-likeness (QED) is 0.379. The van der Waals surface area contributed by atoms with Gasteiger partial charge in [-0.05, 0) is 57.8 Å². The fourth-order valence-electron chi connectivity index (χ4n) is 4.20. The van der Waals surface area contributed by atoms with Gasteiger partial charge in [0.1, 0.15) is 0 Å². The number of epoxide rings is 2. The molecule has 0 aromatic heterocycles. The number of carbonyl (C=O) groups is 2. The Labute approximate surface area is 148 Å². The molecule has 0 spiro atoms. The van der Waals surface area contributed by atoms with Crippen LogP contribution >= 0.6 is 0 Å². The highest BCUT2D eigenvalue weighted by atomic mass is 16.6. The first-order valence-electron chi connectivity index (χ1n) is 9.85. The number of carbonyl (C=O) groups excluding carboxylic acids is 2. The van der Waals surface area contributed by atoms with Crippen LogP contribution in [-0.4, -0.2) is 49.6 Å². The number of esters is 2. The Kier molecular flexibility index (Phi) is 5.27. The lowest BCUT2D eigenvalue weighted by Crippen LogP contribution is -2.24. The van der Waals surface area contributed by atoms with Gasteiger partial charge in [0.2, 0.25) is 0 Å². The Morgan fingerprint density at radius 3 is 1.60 bits per heavy atom. The Hall–Kier alpha value is -1.14. The highest BCUT2D eigenvalue weighted by Gasteiger charge is 2.46. The summed E-state index contributed by atoms with van der Waals surface area (Å²) < 4.78 is 21.6. The smallest absolute Gasteiger partial charge is 0.309 e. The molecule has 140 valence electrons. The number of fused-ring (bicyclic) bond motifs is 2. The Bertz CT molecular complexity index is 462. The molecule has 0 aromatic carbocycles.